The summed E-state index contributed by atoms with van der Waals surface area (Å²) in [5, 5.41) is 0. The first-order chi connectivity index (χ1) is 9.04. The minimum atomic E-state index is -0.821. The highest BCUT2D eigenvalue weighted by Gasteiger charge is 2.44. The quantitative estimate of drug-likeness (QED) is 0.748. The molecule has 1 aliphatic carbocycles. The van der Waals surface area contributed by atoms with Gasteiger partial charge >= 0.3 is 5.97 Å². The largest absolute Gasteiger partial charge is 0.469 e. The highest BCUT2D eigenvalue weighted by atomic mass is 32.2. The summed E-state index contributed by atoms with van der Waals surface area (Å²) in [4.78, 5) is 11.3. The van der Waals surface area contributed by atoms with Crippen LogP contribution >= 0.6 is 11.8 Å². The van der Waals surface area contributed by atoms with Gasteiger partial charge in [-0.3, -0.25) is 4.79 Å². The molecule has 1 aromatic rings. The molecular formula is C14H16F2O2S. The number of methoxy groups -OCH3 is 1. The van der Waals surface area contributed by atoms with Crippen LogP contribution in [0.15, 0.2) is 18.2 Å². The fourth-order valence-electron chi connectivity index (χ4n) is 1.94. The summed E-state index contributed by atoms with van der Waals surface area (Å²) >= 11 is 1.65. The number of carbonyl (C=O) groups is 1. The summed E-state index contributed by atoms with van der Waals surface area (Å²) in [6, 6.07) is 3.96. The molecule has 1 fully saturated rings. The van der Waals surface area contributed by atoms with Crippen molar-refractivity contribution in [2.75, 3.05) is 12.9 Å². The first-order valence-corrected chi connectivity index (χ1v) is 7.29. The van der Waals surface area contributed by atoms with Gasteiger partial charge < -0.3 is 4.74 Å². The molecule has 0 unspecified atom stereocenters. The molecular weight excluding hydrogens is 270 g/mol. The fraction of sp³-hybridized carbons (Fsp3) is 0.500. The standard InChI is InChI=1S/C14H16F2O2S/c1-18-13(17)7-14(4-5-14)9-19-8-10-2-3-11(15)12(16)6-10/h2-3,6H,4-5,7-9H2,1H3. The number of thioether (sulfide) groups is 1. The Labute approximate surface area is 115 Å². The molecule has 0 spiro atoms. The van der Waals surface area contributed by atoms with E-state index in [1.165, 1.54) is 13.2 Å². The van der Waals surface area contributed by atoms with Gasteiger partial charge in [0, 0.05) is 5.75 Å². The molecule has 0 saturated heterocycles. The smallest absolute Gasteiger partial charge is 0.306 e. The molecule has 0 radical (unpaired) electrons. The van der Waals surface area contributed by atoms with Crippen LogP contribution in [0.5, 0.6) is 0 Å². The predicted octanol–water partition coefficient (Wildman–Crippen LogP) is 3.54. The van der Waals surface area contributed by atoms with Crippen LogP contribution < -0.4 is 0 Å². The second-order valence-corrected chi connectivity index (χ2v) is 5.98. The molecule has 0 heterocycles. The monoisotopic (exact) mass is 286 g/mol. The minimum absolute atomic E-state index is 0.0658. The van der Waals surface area contributed by atoms with Crippen molar-refractivity contribution in [3.05, 3.63) is 35.4 Å². The van der Waals surface area contributed by atoms with Crippen LogP contribution in [0.4, 0.5) is 8.78 Å². The van der Waals surface area contributed by atoms with E-state index in [2.05, 4.69) is 4.74 Å². The van der Waals surface area contributed by atoms with E-state index in [0.29, 0.717) is 12.2 Å². The van der Waals surface area contributed by atoms with E-state index >= 15 is 0 Å². The minimum Gasteiger partial charge on any atom is -0.469 e. The molecule has 1 saturated carbocycles. The Hall–Kier alpha value is -1.10. The second kappa shape index (κ2) is 5.90. The molecule has 5 heteroatoms. The maximum absolute atomic E-state index is 13.0. The van der Waals surface area contributed by atoms with Gasteiger partial charge in [0.1, 0.15) is 0 Å². The van der Waals surface area contributed by atoms with Crippen LogP contribution in [0, 0.1) is 17.0 Å². The van der Waals surface area contributed by atoms with Crippen molar-refractivity contribution in [1.29, 1.82) is 0 Å². The molecule has 1 aromatic carbocycles. The summed E-state index contributed by atoms with van der Waals surface area (Å²) in [5.41, 5.74) is 0.828. The Balaban J connectivity index is 1.80. The van der Waals surface area contributed by atoms with Gasteiger partial charge in [-0.25, -0.2) is 8.78 Å². The Kier molecular flexibility index (Phi) is 4.45. The first-order valence-electron chi connectivity index (χ1n) is 6.13. The van der Waals surface area contributed by atoms with Crippen molar-refractivity contribution < 1.29 is 18.3 Å². The van der Waals surface area contributed by atoms with Crippen molar-refractivity contribution in [3.8, 4) is 0 Å². The van der Waals surface area contributed by atoms with Gasteiger partial charge in [-0.1, -0.05) is 6.07 Å². The number of halogens is 2. The van der Waals surface area contributed by atoms with Crippen LogP contribution in [0.2, 0.25) is 0 Å². The summed E-state index contributed by atoms with van der Waals surface area (Å²) in [5.74, 6) is -0.334. The zero-order valence-corrected chi connectivity index (χ0v) is 11.6. The molecule has 0 aliphatic heterocycles. The van der Waals surface area contributed by atoms with Crippen molar-refractivity contribution >= 4 is 17.7 Å². The normalized spacial score (nSPS) is 16.2. The number of hydrogen-bond acceptors (Lipinski definition) is 3. The van der Waals surface area contributed by atoms with Crippen LogP contribution in [-0.4, -0.2) is 18.8 Å². The van der Waals surface area contributed by atoms with Crippen molar-refractivity contribution in [1.82, 2.24) is 0 Å². The Bertz CT molecular complexity index is 473. The van der Waals surface area contributed by atoms with Crippen LogP contribution in [-0.2, 0) is 15.3 Å². The van der Waals surface area contributed by atoms with Gasteiger partial charge in [-0.05, 0) is 41.7 Å². The van der Waals surface area contributed by atoms with E-state index < -0.39 is 11.6 Å². The molecule has 0 aromatic heterocycles. The highest BCUT2D eigenvalue weighted by molar-refractivity contribution is 7.98. The Morgan fingerprint density at radius 3 is 2.68 bits per heavy atom. The summed E-state index contributed by atoms with van der Waals surface area (Å²) in [7, 11) is 1.40. The third-order valence-corrected chi connectivity index (χ3v) is 4.72. The van der Waals surface area contributed by atoms with E-state index in [-0.39, 0.29) is 11.4 Å². The molecule has 0 bridgehead atoms. The molecule has 19 heavy (non-hydrogen) atoms. The third kappa shape index (κ3) is 3.93. The second-order valence-electron chi connectivity index (χ2n) is 4.99. The predicted molar refractivity (Wildman–Crippen MR) is 70.8 cm³/mol. The van der Waals surface area contributed by atoms with Crippen LogP contribution in [0.25, 0.3) is 0 Å². The number of carbonyl (C=O) groups excluding carboxylic acids is 1. The maximum atomic E-state index is 13.0. The summed E-state index contributed by atoms with van der Waals surface area (Å²) in [6.45, 7) is 0. The van der Waals surface area contributed by atoms with E-state index in [9.17, 15) is 13.6 Å². The summed E-state index contributed by atoms with van der Waals surface area (Å²) < 4.78 is 30.5. The molecule has 2 rings (SSSR count). The van der Waals surface area contributed by atoms with E-state index in [0.717, 1.165) is 30.2 Å². The molecule has 2 nitrogen and oxygen atoms in total. The van der Waals surface area contributed by atoms with Crippen molar-refractivity contribution in [2.45, 2.75) is 25.0 Å². The molecule has 0 atom stereocenters. The topological polar surface area (TPSA) is 26.3 Å². The lowest BCUT2D eigenvalue weighted by molar-refractivity contribution is -0.141. The number of esters is 1. The average Bonchev–Trinajstić information content (AvgIpc) is 3.13. The zero-order valence-electron chi connectivity index (χ0n) is 10.7. The number of rotatable bonds is 6. The van der Waals surface area contributed by atoms with Gasteiger partial charge in [-0.15, -0.1) is 0 Å². The van der Waals surface area contributed by atoms with E-state index in [1.54, 1.807) is 17.8 Å². The molecule has 0 N–H and O–H groups in total. The van der Waals surface area contributed by atoms with Crippen molar-refractivity contribution in [3.63, 3.8) is 0 Å². The highest BCUT2D eigenvalue weighted by Crippen LogP contribution is 2.51. The Morgan fingerprint density at radius 1 is 1.37 bits per heavy atom. The number of hydrogen-bond donors (Lipinski definition) is 0. The molecule has 0 amide bonds. The zero-order chi connectivity index (χ0) is 13.9. The van der Waals surface area contributed by atoms with Gasteiger partial charge in [0.25, 0.3) is 0 Å². The van der Waals surface area contributed by atoms with E-state index in [4.69, 9.17) is 0 Å². The van der Waals surface area contributed by atoms with Gasteiger partial charge in [0.15, 0.2) is 11.6 Å². The fourth-order valence-corrected chi connectivity index (χ4v) is 3.28. The Morgan fingerprint density at radius 2 is 2.11 bits per heavy atom. The number of benzene rings is 1. The molecule has 1 aliphatic rings. The van der Waals surface area contributed by atoms with Gasteiger partial charge in [0.05, 0.1) is 13.5 Å². The molecule has 104 valence electrons. The lowest BCUT2D eigenvalue weighted by Crippen LogP contribution is -2.13. The summed E-state index contributed by atoms with van der Waals surface area (Å²) in [6.07, 6.45) is 2.52. The third-order valence-electron chi connectivity index (χ3n) is 3.37. The van der Waals surface area contributed by atoms with Crippen molar-refractivity contribution in [2.24, 2.45) is 5.41 Å². The van der Waals surface area contributed by atoms with Crippen LogP contribution in [0.1, 0.15) is 24.8 Å². The maximum Gasteiger partial charge on any atom is 0.306 e. The lowest BCUT2D eigenvalue weighted by atomic mass is 10.1. The number of ether oxygens (including phenoxy) is 1. The lowest BCUT2D eigenvalue weighted by Gasteiger charge is -2.13. The van der Waals surface area contributed by atoms with E-state index in [1.807, 2.05) is 0 Å². The van der Waals surface area contributed by atoms with Crippen LogP contribution in [0.3, 0.4) is 0 Å². The van der Waals surface area contributed by atoms with Gasteiger partial charge in [-0.2, -0.15) is 11.8 Å². The first kappa shape index (κ1) is 14.3. The van der Waals surface area contributed by atoms with Gasteiger partial charge in [0.2, 0.25) is 0 Å². The average molecular weight is 286 g/mol. The SMILES string of the molecule is COC(=O)CC1(CSCc2ccc(F)c(F)c2)CC1.